The quantitative estimate of drug-likeness (QED) is 0.646. The van der Waals surface area contributed by atoms with E-state index in [1.54, 1.807) is 25.2 Å². The number of rotatable bonds is 5. The third kappa shape index (κ3) is 3.75. The summed E-state index contributed by atoms with van der Waals surface area (Å²) in [6, 6.07) is 5.79. The number of hydrogen-bond acceptors (Lipinski definition) is 4. The van der Waals surface area contributed by atoms with Crippen LogP contribution in [0.5, 0.6) is 0 Å². The molecule has 19 heavy (non-hydrogen) atoms. The van der Waals surface area contributed by atoms with Crippen LogP contribution in [0.1, 0.15) is 19.4 Å². The number of likely N-dealkylation sites (N-methyl/N-ethyl adjacent to an activating group) is 1. The molecule has 0 saturated heterocycles. The van der Waals surface area contributed by atoms with Crippen LogP contribution in [0.2, 0.25) is 0 Å². The molecule has 0 fully saturated rings. The van der Waals surface area contributed by atoms with E-state index in [2.05, 4.69) is 0 Å². The Morgan fingerprint density at radius 1 is 1.42 bits per heavy atom. The molecular formula is C13H19N3O3. The van der Waals surface area contributed by atoms with Gasteiger partial charge in [-0.2, -0.15) is 0 Å². The molecule has 1 atom stereocenters. The molecule has 0 saturated carbocycles. The van der Waals surface area contributed by atoms with E-state index < -0.39 is 11.0 Å². The molecule has 0 aliphatic heterocycles. The van der Waals surface area contributed by atoms with Gasteiger partial charge < -0.3 is 10.6 Å². The molecule has 0 spiro atoms. The number of nitro benzene ring substituents is 1. The van der Waals surface area contributed by atoms with Gasteiger partial charge in [0.2, 0.25) is 5.91 Å². The van der Waals surface area contributed by atoms with Crippen molar-refractivity contribution in [3.63, 3.8) is 0 Å². The Bertz CT molecular complexity index is 474. The molecule has 1 aromatic rings. The lowest BCUT2D eigenvalue weighted by Gasteiger charge is -2.23. The van der Waals surface area contributed by atoms with E-state index in [0.29, 0.717) is 5.56 Å². The van der Waals surface area contributed by atoms with Crippen LogP contribution in [0, 0.1) is 16.0 Å². The topological polar surface area (TPSA) is 89.5 Å². The zero-order chi connectivity index (χ0) is 14.6. The molecule has 0 aliphatic rings. The lowest BCUT2D eigenvalue weighted by atomic mass is 10.0. The van der Waals surface area contributed by atoms with Gasteiger partial charge in [-0.3, -0.25) is 14.9 Å². The number of benzene rings is 1. The molecule has 0 aliphatic carbocycles. The molecule has 1 amide bonds. The third-order valence-electron chi connectivity index (χ3n) is 2.98. The summed E-state index contributed by atoms with van der Waals surface area (Å²) in [5.74, 6) is -0.186. The minimum atomic E-state index is -0.590. The smallest absolute Gasteiger partial charge is 0.274 e. The van der Waals surface area contributed by atoms with Crippen LogP contribution >= 0.6 is 0 Å². The van der Waals surface area contributed by atoms with Gasteiger partial charge in [-0.15, -0.1) is 0 Å². The molecule has 0 heterocycles. The lowest BCUT2D eigenvalue weighted by Crippen LogP contribution is -2.44. The van der Waals surface area contributed by atoms with Crippen molar-refractivity contribution in [2.24, 2.45) is 11.7 Å². The van der Waals surface area contributed by atoms with E-state index in [4.69, 9.17) is 5.73 Å². The third-order valence-corrected chi connectivity index (χ3v) is 2.98. The second-order valence-electron chi connectivity index (χ2n) is 4.85. The number of carbonyl (C=O) groups is 1. The maximum absolute atomic E-state index is 12.0. The first-order valence-electron chi connectivity index (χ1n) is 6.07. The molecule has 0 aromatic heterocycles. The van der Waals surface area contributed by atoms with Crippen molar-refractivity contribution in [3.05, 3.63) is 39.9 Å². The van der Waals surface area contributed by atoms with E-state index in [0.717, 1.165) is 0 Å². The number of hydrogen-bond donors (Lipinski definition) is 1. The highest BCUT2D eigenvalue weighted by Crippen LogP contribution is 2.19. The SMILES string of the molecule is CC(C)C(N)C(=O)N(C)Cc1ccccc1[N+](=O)[O-]. The normalized spacial score (nSPS) is 12.3. The molecule has 1 rings (SSSR count). The molecule has 0 radical (unpaired) electrons. The van der Waals surface area contributed by atoms with Crippen LogP contribution in [-0.2, 0) is 11.3 Å². The Morgan fingerprint density at radius 3 is 2.53 bits per heavy atom. The maximum Gasteiger partial charge on any atom is 0.274 e. The van der Waals surface area contributed by atoms with E-state index in [1.807, 2.05) is 13.8 Å². The summed E-state index contributed by atoms with van der Waals surface area (Å²) in [7, 11) is 1.60. The van der Waals surface area contributed by atoms with Crippen molar-refractivity contribution in [2.75, 3.05) is 7.05 Å². The van der Waals surface area contributed by atoms with Crippen molar-refractivity contribution in [1.29, 1.82) is 0 Å². The monoisotopic (exact) mass is 265 g/mol. The molecular weight excluding hydrogens is 246 g/mol. The van der Waals surface area contributed by atoms with Gasteiger partial charge >= 0.3 is 0 Å². The van der Waals surface area contributed by atoms with Crippen LogP contribution in [0.15, 0.2) is 24.3 Å². The van der Waals surface area contributed by atoms with Gasteiger partial charge in [0.15, 0.2) is 0 Å². The second-order valence-corrected chi connectivity index (χ2v) is 4.85. The van der Waals surface area contributed by atoms with Crippen LogP contribution < -0.4 is 5.73 Å². The van der Waals surface area contributed by atoms with E-state index in [-0.39, 0.29) is 24.1 Å². The highest BCUT2D eigenvalue weighted by molar-refractivity contribution is 5.81. The summed E-state index contributed by atoms with van der Waals surface area (Å²) in [4.78, 5) is 23.9. The predicted octanol–water partition coefficient (Wildman–Crippen LogP) is 1.54. The largest absolute Gasteiger partial charge is 0.340 e. The van der Waals surface area contributed by atoms with Crippen molar-refractivity contribution in [1.82, 2.24) is 4.90 Å². The maximum atomic E-state index is 12.0. The Kier molecular flexibility index (Phi) is 5.00. The van der Waals surface area contributed by atoms with Gasteiger partial charge in [0.25, 0.3) is 5.69 Å². The van der Waals surface area contributed by atoms with E-state index in [1.165, 1.54) is 11.0 Å². The summed E-state index contributed by atoms with van der Waals surface area (Å²) < 4.78 is 0. The number of nitro groups is 1. The fourth-order valence-corrected chi connectivity index (χ4v) is 1.70. The van der Waals surface area contributed by atoms with Crippen molar-refractivity contribution in [2.45, 2.75) is 26.4 Å². The Labute approximate surface area is 112 Å². The number of nitrogens with zero attached hydrogens (tertiary/aromatic N) is 2. The molecule has 0 bridgehead atoms. The lowest BCUT2D eigenvalue weighted by molar-refractivity contribution is -0.385. The molecule has 1 aromatic carbocycles. The van der Waals surface area contributed by atoms with Gasteiger partial charge in [-0.1, -0.05) is 32.0 Å². The molecule has 2 N–H and O–H groups in total. The molecule has 6 heteroatoms. The first-order chi connectivity index (χ1) is 8.84. The van der Waals surface area contributed by atoms with Gasteiger partial charge in [0.1, 0.15) is 0 Å². The summed E-state index contributed by atoms with van der Waals surface area (Å²) in [6.07, 6.45) is 0. The highest BCUT2D eigenvalue weighted by Gasteiger charge is 2.23. The van der Waals surface area contributed by atoms with Gasteiger partial charge in [0.05, 0.1) is 17.5 Å². The van der Waals surface area contributed by atoms with Crippen molar-refractivity contribution in [3.8, 4) is 0 Å². The zero-order valence-electron chi connectivity index (χ0n) is 11.4. The van der Waals surface area contributed by atoms with Crippen molar-refractivity contribution >= 4 is 11.6 Å². The van der Waals surface area contributed by atoms with E-state index >= 15 is 0 Å². The second kappa shape index (κ2) is 6.29. The minimum Gasteiger partial charge on any atom is -0.340 e. The summed E-state index contributed by atoms with van der Waals surface area (Å²) in [6.45, 7) is 3.90. The van der Waals surface area contributed by atoms with Gasteiger partial charge in [-0.05, 0) is 5.92 Å². The first-order valence-corrected chi connectivity index (χ1v) is 6.07. The Morgan fingerprint density at radius 2 is 2.00 bits per heavy atom. The van der Waals surface area contributed by atoms with Crippen LogP contribution in [0.25, 0.3) is 0 Å². The number of para-hydroxylation sites is 1. The van der Waals surface area contributed by atoms with Crippen molar-refractivity contribution < 1.29 is 9.72 Å². The summed E-state index contributed by atoms with van der Waals surface area (Å²) in [5, 5.41) is 10.9. The molecule has 6 nitrogen and oxygen atoms in total. The number of carbonyl (C=O) groups excluding carboxylic acids is 1. The average molecular weight is 265 g/mol. The zero-order valence-corrected chi connectivity index (χ0v) is 11.4. The number of nitrogens with two attached hydrogens (primary N) is 1. The Balaban J connectivity index is 2.85. The van der Waals surface area contributed by atoms with Crippen LogP contribution in [-0.4, -0.2) is 28.8 Å². The first kappa shape index (κ1) is 15.1. The fourth-order valence-electron chi connectivity index (χ4n) is 1.70. The summed E-state index contributed by atoms with van der Waals surface area (Å²) >= 11 is 0. The van der Waals surface area contributed by atoms with Crippen LogP contribution in [0.4, 0.5) is 5.69 Å². The number of amides is 1. The highest BCUT2D eigenvalue weighted by atomic mass is 16.6. The molecule has 104 valence electrons. The predicted molar refractivity (Wildman–Crippen MR) is 72.4 cm³/mol. The van der Waals surface area contributed by atoms with Gasteiger partial charge in [-0.25, -0.2) is 0 Å². The average Bonchev–Trinajstić information content (AvgIpc) is 2.37. The van der Waals surface area contributed by atoms with Crippen LogP contribution in [0.3, 0.4) is 0 Å². The minimum absolute atomic E-state index is 0.0141. The standard InChI is InChI=1S/C13H19N3O3/c1-9(2)12(14)13(17)15(3)8-10-6-4-5-7-11(10)16(18)19/h4-7,9,12H,8,14H2,1-3H3. The van der Waals surface area contributed by atoms with Gasteiger partial charge in [0, 0.05) is 18.7 Å². The molecule has 1 unspecified atom stereocenters. The van der Waals surface area contributed by atoms with E-state index in [9.17, 15) is 14.9 Å². The fraction of sp³-hybridized carbons (Fsp3) is 0.462. The Hall–Kier alpha value is -1.95. The summed E-state index contributed by atoms with van der Waals surface area (Å²) in [5.41, 5.74) is 6.30.